The van der Waals surface area contributed by atoms with E-state index in [4.69, 9.17) is 10.7 Å². The number of rotatable bonds is 5. The van der Waals surface area contributed by atoms with Crippen molar-refractivity contribution in [3.63, 3.8) is 0 Å². The zero-order chi connectivity index (χ0) is 28.3. The number of aliphatic hydroxyl groups is 1. The van der Waals surface area contributed by atoms with Crippen molar-refractivity contribution in [2.75, 3.05) is 5.73 Å². The summed E-state index contributed by atoms with van der Waals surface area (Å²) >= 11 is 0. The van der Waals surface area contributed by atoms with Gasteiger partial charge in [-0.05, 0) is 38.7 Å². The number of amides is 1. The van der Waals surface area contributed by atoms with Crippen LogP contribution in [0.4, 0.5) is 19.0 Å². The second kappa shape index (κ2) is 9.36. The minimum absolute atomic E-state index is 0.0819. The van der Waals surface area contributed by atoms with E-state index in [-0.39, 0.29) is 46.9 Å². The van der Waals surface area contributed by atoms with Crippen molar-refractivity contribution >= 4 is 23.2 Å². The number of hydrogen-bond donors (Lipinski definition) is 3. The first-order chi connectivity index (χ1) is 19.0. The summed E-state index contributed by atoms with van der Waals surface area (Å²) in [6.07, 6.45) is -0.822. The van der Waals surface area contributed by atoms with Gasteiger partial charge in [-0.25, -0.2) is 4.98 Å². The van der Waals surface area contributed by atoms with Crippen molar-refractivity contribution in [1.82, 2.24) is 39.7 Å². The van der Waals surface area contributed by atoms with Gasteiger partial charge in [-0.15, -0.1) is 10.2 Å². The molecule has 6 heterocycles. The first-order valence-corrected chi connectivity index (χ1v) is 12.6. The van der Waals surface area contributed by atoms with Crippen LogP contribution in [0.2, 0.25) is 0 Å². The number of nitrogens with one attached hydrogen (secondary N) is 1. The van der Waals surface area contributed by atoms with Crippen molar-refractivity contribution < 1.29 is 27.9 Å². The number of aliphatic hydroxyl groups excluding tert-OH is 1. The fraction of sp³-hybridized carbons (Fsp3) is 0.400. The molecule has 0 saturated carbocycles. The minimum Gasteiger partial charge on any atom is -0.383 e. The summed E-state index contributed by atoms with van der Waals surface area (Å²) in [7, 11) is 0. The molecule has 2 bridgehead atoms. The molecule has 12 nitrogen and oxygen atoms in total. The molecule has 6 rings (SSSR count). The number of aromatic nitrogens is 7. The molecule has 4 aromatic heterocycles. The number of nitrogens with zero attached hydrogens (tertiary/aromatic N) is 7. The number of carbonyl (C=O) groups excluding carboxylic acids is 2. The maximum atomic E-state index is 13.1. The van der Waals surface area contributed by atoms with E-state index in [0.29, 0.717) is 35.3 Å². The largest absolute Gasteiger partial charge is 0.420 e. The van der Waals surface area contributed by atoms with Crippen molar-refractivity contribution in [2.45, 2.75) is 62.9 Å². The Bertz CT molecular complexity index is 1590. The van der Waals surface area contributed by atoms with Crippen LogP contribution in [-0.2, 0) is 0 Å². The van der Waals surface area contributed by atoms with Crippen molar-refractivity contribution in [2.24, 2.45) is 0 Å². The van der Waals surface area contributed by atoms with Gasteiger partial charge in [-0.2, -0.15) is 22.8 Å². The minimum atomic E-state index is -4.85. The number of nitrogen functional groups attached to an aromatic ring is 1. The summed E-state index contributed by atoms with van der Waals surface area (Å²) in [5, 5.41) is 21.3. The van der Waals surface area contributed by atoms with E-state index in [2.05, 4.69) is 25.3 Å². The Labute approximate surface area is 224 Å². The Morgan fingerprint density at radius 3 is 2.48 bits per heavy atom. The molecule has 40 heavy (non-hydrogen) atoms. The quantitative estimate of drug-likeness (QED) is 0.314. The van der Waals surface area contributed by atoms with Crippen LogP contribution in [0.25, 0.3) is 16.8 Å². The molecule has 208 valence electrons. The zero-order valence-corrected chi connectivity index (χ0v) is 21.1. The van der Waals surface area contributed by atoms with Gasteiger partial charge in [0.25, 0.3) is 5.91 Å². The molecule has 15 heteroatoms. The third-order valence-corrected chi connectivity index (χ3v) is 7.72. The van der Waals surface area contributed by atoms with Gasteiger partial charge in [-0.1, -0.05) is 6.07 Å². The van der Waals surface area contributed by atoms with Gasteiger partial charge >= 0.3 is 6.18 Å². The molecule has 0 spiro atoms. The maximum Gasteiger partial charge on any atom is 0.420 e. The molecule has 0 aliphatic carbocycles. The van der Waals surface area contributed by atoms with Gasteiger partial charge in [0, 0.05) is 35.3 Å². The Kier molecular flexibility index (Phi) is 6.05. The molecular formula is C25H24F3N9O3. The fourth-order valence-corrected chi connectivity index (χ4v) is 5.95. The number of H-pyrrole nitrogens is 1. The molecule has 0 radical (unpaired) electrons. The standard InChI is InChI=1S/C25H24F3N9O3/c1-11(38)18-19(13-6-14-3-4-15(7-13)36(14)24(40)22-31-10-32-35-22)34-23-16(9-33-37(23)21(18)29)12-2-5-17(30-8-12)20(39)25(26,27)28/h2,5,8-10,13-15,20,39H,3-4,6-7,29H2,1H3,(H,31,32,35)/t13-,14+,15-,20?. The summed E-state index contributed by atoms with van der Waals surface area (Å²) in [6, 6.07) is 2.31. The first kappa shape index (κ1) is 25.9. The van der Waals surface area contributed by atoms with Gasteiger partial charge in [0.1, 0.15) is 12.1 Å². The summed E-state index contributed by atoms with van der Waals surface area (Å²) < 4.78 is 40.0. The third kappa shape index (κ3) is 4.16. The lowest BCUT2D eigenvalue weighted by Gasteiger charge is -2.38. The van der Waals surface area contributed by atoms with E-state index in [0.717, 1.165) is 18.9 Å². The predicted molar refractivity (Wildman–Crippen MR) is 133 cm³/mol. The fourth-order valence-electron chi connectivity index (χ4n) is 5.95. The number of halogens is 3. The van der Waals surface area contributed by atoms with Crippen molar-refractivity contribution in [3.05, 3.63) is 53.6 Å². The van der Waals surface area contributed by atoms with Crippen LogP contribution in [0, 0.1) is 0 Å². The van der Waals surface area contributed by atoms with Crippen molar-refractivity contribution in [3.8, 4) is 11.1 Å². The number of nitrogens with two attached hydrogens (primary N) is 1. The molecule has 0 aromatic carbocycles. The zero-order valence-electron chi connectivity index (χ0n) is 21.1. The second-order valence-electron chi connectivity index (χ2n) is 10.1. The third-order valence-electron chi connectivity index (χ3n) is 7.72. The SMILES string of the molecule is CC(=O)c1c([C@H]2C[C@H]3CC[C@@H](C2)N3C(=O)c2nnc[nH]2)nc2c(-c3ccc(C(O)C(F)(F)F)nc3)cnn2c1N. The number of ketones is 1. The number of aromatic amines is 1. The Balaban J connectivity index is 1.37. The number of hydrogen-bond acceptors (Lipinski definition) is 9. The number of piperidine rings is 1. The average molecular weight is 556 g/mol. The lowest BCUT2D eigenvalue weighted by Crippen LogP contribution is -2.46. The molecule has 4 N–H and O–H groups in total. The normalized spacial score (nSPS) is 21.6. The van der Waals surface area contributed by atoms with Gasteiger partial charge in [0.05, 0.1) is 23.1 Å². The number of fused-ring (bicyclic) bond motifs is 3. The van der Waals surface area contributed by atoms with Crippen LogP contribution in [0.3, 0.4) is 0 Å². The Hall–Kier alpha value is -4.40. The highest BCUT2D eigenvalue weighted by molar-refractivity contribution is 6.00. The Morgan fingerprint density at radius 1 is 1.18 bits per heavy atom. The number of pyridine rings is 1. The number of Topliss-reactive ketones (excluding diaryl/α,β-unsaturated/α-hetero) is 1. The van der Waals surface area contributed by atoms with E-state index in [1.165, 1.54) is 36.2 Å². The van der Waals surface area contributed by atoms with Gasteiger partial charge < -0.3 is 20.7 Å². The van der Waals surface area contributed by atoms with Gasteiger partial charge in [-0.3, -0.25) is 14.6 Å². The van der Waals surface area contributed by atoms with Crippen molar-refractivity contribution in [1.29, 1.82) is 0 Å². The molecule has 2 aliphatic heterocycles. The summed E-state index contributed by atoms with van der Waals surface area (Å²) in [5.74, 6) is -0.396. The van der Waals surface area contributed by atoms with Gasteiger partial charge in [0.2, 0.25) is 5.82 Å². The van der Waals surface area contributed by atoms with E-state index in [1.54, 1.807) is 0 Å². The van der Waals surface area contributed by atoms with Gasteiger partial charge in [0.15, 0.2) is 17.5 Å². The second-order valence-corrected chi connectivity index (χ2v) is 10.1. The highest BCUT2D eigenvalue weighted by Crippen LogP contribution is 2.45. The predicted octanol–water partition coefficient (Wildman–Crippen LogP) is 2.84. The lowest BCUT2D eigenvalue weighted by molar-refractivity contribution is -0.207. The molecular weight excluding hydrogens is 531 g/mol. The molecule has 1 unspecified atom stereocenters. The smallest absolute Gasteiger partial charge is 0.383 e. The summed E-state index contributed by atoms with van der Waals surface area (Å²) in [4.78, 5) is 39.1. The molecule has 1 amide bonds. The number of carbonyl (C=O) groups is 2. The Morgan fingerprint density at radius 2 is 1.90 bits per heavy atom. The van der Waals surface area contributed by atoms with E-state index in [1.807, 2.05) is 4.90 Å². The van der Waals surface area contributed by atoms with Crippen LogP contribution in [0.15, 0.2) is 30.9 Å². The lowest BCUT2D eigenvalue weighted by atomic mass is 9.85. The number of alkyl halides is 3. The highest BCUT2D eigenvalue weighted by atomic mass is 19.4. The van der Waals surface area contributed by atoms with Crippen LogP contribution in [0.1, 0.15) is 77.0 Å². The molecule has 4 aromatic rings. The monoisotopic (exact) mass is 555 g/mol. The van der Waals surface area contributed by atoms with Crippen LogP contribution < -0.4 is 5.73 Å². The number of anilines is 1. The van der Waals surface area contributed by atoms with Crippen LogP contribution in [-0.4, -0.2) is 74.7 Å². The van der Waals surface area contributed by atoms with E-state index >= 15 is 0 Å². The van der Waals surface area contributed by atoms with Crippen LogP contribution in [0.5, 0.6) is 0 Å². The van der Waals surface area contributed by atoms with Crippen LogP contribution >= 0.6 is 0 Å². The molecule has 2 fully saturated rings. The molecule has 2 saturated heterocycles. The first-order valence-electron chi connectivity index (χ1n) is 12.6. The topological polar surface area (TPSA) is 168 Å². The molecule has 2 aliphatic rings. The van der Waals surface area contributed by atoms with E-state index < -0.39 is 18.0 Å². The maximum absolute atomic E-state index is 13.1. The summed E-state index contributed by atoms with van der Waals surface area (Å²) in [6.45, 7) is 1.40. The van der Waals surface area contributed by atoms with E-state index in [9.17, 15) is 27.9 Å². The highest BCUT2D eigenvalue weighted by Gasteiger charge is 2.46. The molecule has 4 atom stereocenters. The average Bonchev–Trinajstić information content (AvgIpc) is 3.65. The summed E-state index contributed by atoms with van der Waals surface area (Å²) in [5.41, 5.74) is 7.83.